The zero-order valence-corrected chi connectivity index (χ0v) is 15.5. The van der Waals surface area contributed by atoms with Crippen LogP contribution in [0.25, 0.3) is 31.3 Å². The number of hydrogen-bond acceptors (Lipinski definition) is 3. The molecule has 0 N–H and O–H groups in total. The maximum absolute atomic E-state index is 2.34. The molecule has 0 radical (unpaired) electrons. The molecular formula is C20H18S3. The van der Waals surface area contributed by atoms with Gasteiger partial charge in [-0.3, -0.25) is 0 Å². The summed E-state index contributed by atoms with van der Waals surface area (Å²) in [6, 6.07) is 17.6. The van der Waals surface area contributed by atoms with Gasteiger partial charge in [-0.2, -0.15) is 0 Å². The molecule has 0 saturated carbocycles. The van der Waals surface area contributed by atoms with E-state index in [4.69, 9.17) is 0 Å². The lowest BCUT2D eigenvalue weighted by molar-refractivity contribution is 0.897. The number of thioether (sulfide) groups is 1. The van der Waals surface area contributed by atoms with Gasteiger partial charge >= 0.3 is 0 Å². The van der Waals surface area contributed by atoms with Crippen LogP contribution in [0.3, 0.4) is 0 Å². The van der Waals surface area contributed by atoms with E-state index in [0.29, 0.717) is 0 Å². The lowest BCUT2D eigenvalue weighted by Gasteiger charge is -2.04. The molecular weight excluding hydrogens is 336 g/mol. The van der Waals surface area contributed by atoms with Crippen molar-refractivity contribution in [3.05, 3.63) is 53.9 Å². The highest BCUT2D eigenvalue weighted by molar-refractivity contribution is 8.01. The molecule has 4 rings (SSSR count). The first-order chi connectivity index (χ1) is 11.4. The molecule has 0 aliphatic rings. The van der Waals surface area contributed by atoms with Crippen molar-refractivity contribution in [3.8, 4) is 11.1 Å². The summed E-state index contributed by atoms with van der Waals surface area (Å²) >= 11 is 5.83. The van der Waals surface area contributed by atoms with Crippen molar-refractivity contribution in [2.45, 2.75) is 24.0 Å². The van der Waals surface area contributed by atoms with Gasteiger partial charge in [-0.25, -0.2) is 0 Å². The van der Waals surface area contributed by atoms with Gasteiger partial charge < -0.3 is 0 Å². The summed E-state index contributed by atoms with van der Waals surface area (Å²) in [4.78, 5) is 0. The Morgan fingerprint density at radius 1 is 0.913 bits per heavy atom. The Morgan fingerprint density at radius 2 is 1.65 bits per heavy atom. The average Bonchev–Trinajstić information content (AvgIpc) is 3.15. The molecule has 0 spiro atoms. The van der Waals surface area contributed by atoms with Gasteiger partial charge in [0.2, 0.25) is 0 Å². The predicted octanol–water partition coefficient (Wildman–Crippen LogP) is 7.68. The molecule has 2 aromatic heterocycles. The van der Waals surface area contributed by atoms with Crippen molar-refractivity contribution in [2.24, 2.45) is 0 Å². The summed E-state index contributed by atoms with van der Waals surface area (Å²) in [5.41, 5.74) is 2.85. The largest absolute Gasteiger partial charge is 0.143 e. The molecule has 2 aromatic carbocycles. The molecule has 0 atom stereocenters. The van der Waals surface area contributed by atoms with Crippen LogP contribution < -0.4 is 0 Å². The van der Waals surface area contributed by atoms with Crippen LogP contribution in [0, 0.1) is 0 Å². The van der Waals surface area contributed by atoms with Gasteiger partial charge in [0.1, 0.15) is 0 Å². The third-order valence-electron chi connectivity index (χ3n) is 4.04. The second-order valence-electron chi connectivity index (χ2n) is 5.61. The van der Waals surface area contributed by atoms with Gasteiger partial charge in [0.05, 0.1) is 4.21 Å². The molecule has 0 nitrogen and oxygen atoms in total. The van der Waals surface area contributed by atoms with E-state index in [1.807, 2.05) is 34.4 Å². The van der Waals surface area contributed by atoms with Gasteiger partial charge in [-0.15, -0.1) is 34.4 Å². The Kier molecular flexibility index (Phi) is 4.43. The second-order valence-corrected chi connectivity index (χ2v) is 8.94. The van der Waals surface area contributed by atoms with E-state index in [1.165, 1.54) is 54.1 Å². The normalized spacial score (nSPS) is 11.5. The summed E-state index contributed by atoms with van der Waals surface area (Å²) in [6.07, 6.45) is 2.54. The second kappa shape index (κ2) is 6.68. The summed E-state index contributed by atoms with van der Waals surface area (Å²) < 4.78 is 4.25. The number of rotatable bonds is 5. The van der Waals surface area contributed by atoms with E-state index in [9.17, 15) is 0 Å². The maximum atomic E-state index is 2.34. The van der Waals surface area contributed by atoms with Crippen LogP contribution in [0.1, 0.15) is 19.8 Å². The third kappa shape index (κ3) is 2.82. The Hall–Kier alpha value is -1.29. The average molecular weight is 355 g/mol. The Labute approximate surface area is 149 Å². The SMILES string of the molecule is CCCCSc1sc2ccccc2c1-c1csc2ccccc12. The first-order valence-electron chi connectivity index (χ1n) is 7.99. The van der Waals surface area contributed by atoms with Crippen LogP contribution in [-0.4, -0.2) is 5.75 Å². The topological polar surface area (TPSA) is 0 Å². The number of thiophene rings is 2. The van der Waals surface area contributed by atoms with Gasteiger partial charge in [-0.1, -0.05) is 49.7 Å². The van der Waals surface area contributed by atoms with Crippen molar-refractivity contribution >= 4 is 54.6 Å². The van der Waals surface area contributed by atoms with E-state index in [0.717, 1.165) is 0 Å². The zero-order chi connectivity index (χ0) is 15.6. The lowest BCUT2D eigenvalue weighted by atomic mass is 10.0. The first-order valence-corrected chi connectivity index (χ1v) is 10.7. The fourth-order valence-corrected chi connectivity index (χ4v) is 6.50. The van der Waals surface area contributed by atoms with Crippen LogP contribution >= 0.6 is 34.4 Å². The molecule has 0 saturated heterocycles. The third-order valence-corrected chi connectivity index (χ3v) is 7.54. The standard InChI is InChI=1S/C20H18S3/c1-2-3-12-21-20-19(15-9-5-7-11-18(15)23-20)16-13-22-17-10-6-4-8-14(16)17/h4-11,13H,2-3,12H2,1H3. The van der Waals surface area contributed by atoms with E-state index in [-0.39, 0.29) is 0 Å². The number of hydrogen-bond donors (Lipinski definition) is 0. The van der Waals surface area contributed by atoms with Crippen LogP contribution in [0.5, 0.6) is 0 Å². The minimum Gasteiger partial charge on any atom is -0.143 e. The van der Waals surface area contributed by atoms with Crippen molar-refractivity contribution in [3.63, 3.8) is 0 Å². The van der Waals surface area contributed by atoms with Gasteiger partial charge in [-0.05, 0) is 29.7 Å². The minimum absolute atomic E-state index is 1.21. The molecule has 0 unspecified atom stereocenters. The summed E-state index contributed by atoms with van der Waals surface area (Å²) in [5, 5.41) is 5.13. The van der Waals surface area contributed by atoms with Crippen LogP contribution in [0.2, 0.25) is 0 Å². The minimum atomic E-state index is 1.21. The lowest BCUT2D eigenvalue weighted by Crippen LogP contribution is -1.80. The van der Waals surface area contributed by atoms with Crippen molar-refractivity contribution < 1.29 is 0 Å². The number of unbranched alkanes of at least 4 members (excludes halogenated alkanes) is 1. The van der Waals surface area contributed by atoms with Crippen LogP contribution in [-0.2, 0) is 0 Å². The smallest absolute Gasteiger partial charge is 0.0690 e. The van der Waals surface area contributed by atoms with E-state index >= 15 is 0 Å². The van der Waals surface area contributed by atoms with E-state index in [1.54, 1.807) is 0 Å². The first kappa shape index (κ1) is 15.3. The highest BCUT2D eigenvalue weighted by Gasteiger charge is 2.17. The molecule has 23 heavy (non-hydrogen) atoms. The van der Waals surface area contributed by atoms with Gasteiger partial charge in [0, 0.05) is 31.3 Å². The highest BCUT2D eigenvalue weighted by atomic mass is 32.2. The molecule has 0 aliphatic carbocycles. The Balaban J connectivity index is 1.91. The molecule has 116 valence electrons. The maximum Gasteiger partial charge on any atom is 0.0690 e. The predicted molar refractivity (Wildman–Crippen MR) is 108 cm³/mol. The van der Waals surface area contributed by atoms with E-state index in [2.05, 4.69) is 60.8 Å². The molecule has 2 heterocycles. The van der Waals surface area contributed by atoms with Gasteiger partial charge in [0.25, 0.3) is 0 Å². The van der Waals surface area contributed by atoms with Crippen molar-refractivity contribution in [1.29, 1.82) is 0 Å². The van der Waals surface area contributed by atoms with E-state index < -0.39 is 0 Å². The molecule has 4 aromatic rings. The van der Waals surface area contributed by atoms with Crippen molar-refractivity contribution in [1.82, 2.24) is 0 Å². The highest BCUT2D eigenvalue weighted by Crippen LogP contribution is 2.47. The summed E-state index contributed by atoms with van der Waals surface area (Å²) in [7, 11) is 0. The van der Waals surface area contributed by atoms with Crippen LogP contribution in [0.4, 0.5) is 0 Å². The fourth-order valence-electron chi connectivity index (χ4n) is 2.86. The molecule has 0 fully saturated rings. The quantitative estimate of drug-likeness (QED) is 0.262. The molecule has 3 heteroatoms. The molecule has 0 amide bonds. The Morgan fingerprint density at radius 3 is 2.48 bits per heavy atom. The van der Waals surface area contributed by atoms with Gasteiger partial charge in [0.15, 0.2) is 0 Å². The van der Waals surface area contributed by atoms with Crippen LogP contribution in [0.15, 0.2) is 58.1 Å². The summed E-state index contributed by atoms with van der Waals surface area (Å²) in [6.45, 7) is 2.26. The zero-order valence-electron chi connectivity index (χ0n) is 13.0. The number of benzene rings is 2. The molecule has 0 aliphatic heterocycles. The number of fused-ring (bicyclic) bond motifs is 2. The van der Waals surface area contributed by atoms with Crippen molar-refractivity contribution in [2.75, 3.05) is 5.75 Å². The Bertz CT molecular complexity index is 946. The molecule has 0 bridgehead atoms. The monoisotopic (exact) mass is 354 g/mol. The fraction of sp³-hybridized carbons (Fsp3) is 0.200. The summed E-state index contributed by atoms with van der Waals surface area (Å²) in [5.74, 6) is 1.21.